The van der Waals surface area contributed by atoms with Crippen LogP contribution in [0.25, 0.3) is 0 Å². The Kier molecular flexibility index (Phi) is 8.12. The summed E-state index contributed by atoms with van der Waals surface area (Å²) in [5.41, 5.74) is 5.69. The molecule has 0 unspecified atom stereocenters. The van der Waals surface area contributed by atoms with Crippen LogP contribution in [0.3, 0.4) is 0 Å². The average Bonchev–Trinajstić information content (AvgIpc) is 3.14. The maximum atomic E-state index is 13.8. The van der Waals surface area contributed by atoms with E-state index in [0.717, 1.165) is 23.4 Å². The van der Waals surface area contributed by atoms with Crippen molar-refractivity contribution in [3.05, 3.63) is 71.3 Å². The van der Waals surface area contributed by atoms with Gasteiger partial charge < -0.3 is 20.7 Å². The summed E-state index contributed by atoms with van der Waals surface area (Å²) < 4.78 is 32.5. The first kappa shape index (κ1) is 28.3. The number of piperidine rings is 1. The molecule has 3 N–H and O–H groups in total. The molecule has 2 aromatic carbocycles. The molecule has 11 heteroatoms. The minimum absolute atomic E-state index is 0.0876. The van der Waals surface area contributed by atoms with Gasteiger partial charge >= 0.3 is 0 Å². The molecule has 0 bridgehead atoms. The number of fused-ring (bicyclic) bond motifs is 1. The molecule has 0 aromatic heterocycles. The molecule has 208 valence electrons. The third-order valence-corrected chi connectivity index (χ3v) is 6.99. The zero-order valence-corrected chi connectivity index (χ0v) is 22.2. The number of nitrogens with zero attached hydrogens (tertiary/aromatic N) is 3. The molecule has 2 atom stereocenters. The third kappa shape index (κ3) is 6.15. The van der Waals surface area contributed by atoms with Crippen molar-refractivity contribution in [2.75, 3.05) is 26.7 Å². The standard InChI is InChI=1S/C28H33F2N5O4/c1-27(2,31)25(37)32-22(16-39-15-19-9-10-20(29)21(30)13-19)24(36)35-12-11-23-28(17-35,26(38)34(3)33-23)14-18-7-5-4-6-8-18/h4-10,13,22H,11-12,14-17,31H2,1-3H3,(H,32,37)/t22-,28+/m1/s1. The van der Waals surface area contributed by atoms with Crippen LogP contribution in [0.1, 0.15) is 31.4 Å². The van der Waals surface area contributed by atoms with E-state index in [9.17, 15) is 23.2 Å². The van der Waals surface area contributed by atoms with Crippen molar-refractivity contribution in [3.63, 3.8) is 0 Å². The molecule has 9 nitrogen and oxygen atoms in total. The molecule has 0 saturated carbocycles. The van der Waals surface area contributed by atoms with Crippen LogP contribution < -0.4 is 11.1 Å². The molecule has 1 fully saturated rings. The highest BCUT2D eigenvalue weighted by molar-refractivity contribution is 6.13. The smallest absolute Gasteiger partial charge is 0.256 e. The van der Waals surface area contributed by atoms with E-state index >= 15 is 0 Å². The number of carbonyl (C=O) groups excluding carboxylic acids is 3. The van der Waals surface area contributed by atoms with Gasteiger partial charge in [0.25, 0.3) is 5.91 Å². The number of nitrogens with two attached hydrogens (primary N) is 1. The lowest BCUT2D eigenvalue weighted by molar-refractivity contribution is -0.143. The van der Waals surface area contributed by atoms with Gasteiger partial charge in [0.05, 0.1) is 24.5 Å². The normalized spacial score (nSPS) is 19.9. The van der Waals surface area contributed by atoms with Crippen molar-refractivity contribution in [1.29, 1.82) is 0 Å². The lowest BCUT2D eigenvalue weighted by atomic mass is 9.73. The van der Waals surface area contributed by atoms with Crippen LogP contribution in [0.4, 0.5) is 8.78 Å². The van der Waals surface area contributed by atoms with Crippen LogP contribution in [0.5, 0.6) is 0 Å². The fourth-order valence-electron chi connectivity index (χ4n) is 4.88. The van der Waals surface area contributed by atoms with Crippen molar-refractivity contribution < 1.29 is 27.9 Å². The number of benzene rings is 2. The van der Waals surface area contributed by atoms with Crippen molar-refractivity contribution in [2.45, 2.75) is 44.9 Å². The molecular formula is C28H33F2N5O4. The SMILES string of the molecule is CN1N=C2CCN(C(=O)[C@@H](COCc3ccc(F)c(F)c3)NC(=O)C(C)(C)N)C[C@]2(Cc2ccccc2)C1=O. The largest absolute Gasteiger partial charge is 0.374 e. The number of nitrogens with one attached hydrogen (secondary N) is 1. The van der Waals surface area contributed by atoms with Crippen LogP contribution in [-0.4, -0.2) is 71.7 Å². The molecule has 0 radical (unpaired) electrons. The van der Waals surface area contributed by atoms with Crippen LogP contribution >= 0.6 is 0 Å². The minimum Gasteiger partial charge on any atom is -0.374 e. The number of hydrogen-bond acceptors (Lipinski definition) is 6. The van der Waals surface area contributed by atoms with Gasteiger partial charge in [-0.25, -0.2) is 13.8 Å². The number of carbonyl (C=O) groups is 3. The van der Waals surface area contributed by atoms with E-state index in [0.29, 0.717) is 24.9 Å². The predicted octanol–water partition coefficient (Wildman–Crippen LogP) is 1.99. The van der Waals surface area contributed by atoms with E-state index in [1.807, 2.05) is 30.3 Å². The van der Waals surface area contributed by atoms with E-state index in [2.05, 4.69) is 10.4 Å². The second-order valence-corrected chi connectivity index (χ2v) is 10.6. The van der Waals surface area contributed by atoms with Gasteiger partial charge in [0, 0.05) is 26.6 Å². The minimum atomic E-state index is -1.26. The molecule has 0 aliphatic carbocycles. The monoisotopic (exact) mass is 541 g/mol. The number of rotatable bonds is 9. The maximum absolute atomic E-state index is 13.8. The van der Waals surface area contributed by atoms with Gasteiger partial charge in [0.1, 0.15) is 11.5 Å². The summed E-state index contributed by atoms with van der Waals surface area (Å²) in [7, 11) is 1.60. The number of ether oxygens (including phenoxy) is 1. The summed E-state index contributed by atoms with van der Waals surface area (Å²) in [4.78, 5) is 41.5. The van der Waals surface area contributed by atoms with Crippen molar-refractivity contribution in [1.82, 2.24) is 15.2 Å². The van der Waals surface area contributed by atoms with E-state index in [1.165, 1.54) is 24.9 Å². The molecular weight excluding hydrogens is 508 g/mol. The second kappa shape index (κ2) is 11.2. The van der Waals surface area contributed by atoms with Gasteiger partial charge in [0.15, 0.2) is 11.6 Å². The Hall–Kier alpha value is -3.70. The van der Waals surface area contributed by atoms with Crippen LogP contribution in [0.2, 0.25) is 0 Å². The third-order valence-electron chi connectivity index (χ3n) is 6.99. The number of halogens is 2. The van der Waals surface area contributed by atoms with E-state index < -0.39 is 40.4 Å². The molecule has 4 rings (SSSR count). The van der Waals surface area contributed by atoms with Crippen LogP contribution in [-0.2, 0) is 32.1 Å². The topological polar surface area (TPSA) is 117 Å². The van der Waals surface area contributed by atoms with Gasteiger partial charge in [-0.3, -0.25) is 14.4 Å². The summed E-state index contributed by atoms with van der Waals surface area (Å²) in [5, 5.41) is 8.46. The van der Waals surface area contributed by atoms with Crippen molar-refractivity contribution in [2.24, 2.45) is 16.3 Å². The second-order valence-electron chi connectivity index (χ2n) is 10.6. The lowest BCUT2D eigenvalue weighted by Crippen LogP contribution is -2.61. The summed E-state index contributed by atoms with van der Waals surface area (Å²) in [6.45, 7) is 3.06. The average molecular weight is 542 g/mol. The first-order valence-electron chi connectivity index (χ1n) is 12.7. The lowest BCUT2D eigenvalue weighted by Gasteiger charge is -2.40. The zero-order valence-electron chi connectivity index (χ0n) is 22.2. The van der Waals surface area contributed by atoms with E-state index in [-0.39, 0.29) is 25.7 Å². The molecule has 2 aliphatic rings. The zero-order chi connectivity index (χ0) is 28.4. The first-order chi connectivity index (χ1) is 18.4. The summed E-state index contributed by atoms with van der Waals surface area (Å²) in [6.07, 6.45) is 0.770. The summed E-state index contributed by atoms with van der Waals surface area (Å²) >= 11 is 0. The maximum Gasteiger partial charge on any atom is 0.256 e. The molecule has 2 heterocycles. The first-order valence-corrected chi connectivity index (χ1v) is 12.7. The van der Waals surface area contributed by atoms with Gasteiger partial charge in [0.2, 0.25) is 11.8 Å². The van der Waals surface area contributed by atoms with Gasteiger partial charge in [-0.15, -0.1) is 0 Å². The summed E-state index contributed by atoms with van der Waals surface area (Å²) in [6, 6.07) is 11.8. The van der Waals surface area contributed by atoms with Crippen molar-refractivity contribution >= 4 is 23.4 Å². The Morgan fingerprint density at radius 3 is 2.54 bits per heavy atom. The van der Waals surface area contributed by atoms with E-state index in [4.69, 9.17) is 10.5 Å². The Balaban J connectivity index is 1.54. The van der Waals surface area contributed by atoms with Gasteiger partial charge in [-0.1, -0.05) is 36.4 Å². The fraction of sp³-hybridized carbons (Fsp3) is 0.429. The number of hydrazone groups is 1. The Morgan fingerprint density at radius 2 is 1.87 bits per heavy atom. The van der Waals surface area contributed by atoms with Gasteiger partial charge in [-0.05, 0) is 43.5 Å². The number of likely N-dealkylation sites (tertiary alicyclic amines) is 1. The van der Waals surface area contributed by atoms with E-state index in [1.54, 1.807) is 11.9 Å². The Morgan fingerprint density at radius 1 is 1.15 bits per heavy atom. The van der Waals surface area contributed by atoms with Crippen LogP contribution in [0.15, 0.2) is 53.6 Å². The molecule has 2 aliphatic heterocycles. The molecule has 3 amide bonds. The summed E-state index contributed by atoms with van der Waals surface area (Å²) in [5.74, 6) is -3.19. The Bertz CT molecular complexity index is 1280. The Labute approximate surface area is 226 Å². The molecule has 2 aromatic rings. The highest BCUT2D eigenvalue weighted by atomic mass is 19.2. The molecule has 0 spiro atoms. The molecule has 1 saturated heterocycles. The highest BCUT2D eigenvalue weighted by Crippen LogP contribution is 2.38. The van der Waals surface area contributed by atoms with Gasteiger partial charge in [-0.2, -0.15) is 5.10 Å². The quantitative estimate of drug-likeness (QED) is 0.504. The fourth-order valence-corrected chi connectivity index (χ4v) is 4.88. The highest BCUT2D eigenvalue weighted by Gasteiger charge is 2.54. The molecule has 39 heavy (non-hydrogen) atoms. The number of amides is 3. The number of hydrogen-bond donors (Lipinski definition) is 2. The predicted molar refractivity (Wildman–Crippen MR) is 140 cm³/mol. The van der Waals surface area contributed by atoms with Crippen LogP contribution in [0, 0.1) is 17.0 Å². The van der Waals surface area contributed by atoms with Crippen molar-refractivity contribution in [3.8, 4) is 0 Å².